The van der Waals surface area contributed by atoms with E-state index in [-0.39, 0.29) is 30.0 Å². The smallest absolute Gasteiger partial charge is 0.408 e. The number of hydrogen-bond donors (Lipinski definition) is 4. The number of carbonyl (C=O) groups is 4. The molecule has 43 heavy (non-hydrogen) atoms. The molecule has 0 fully saturated rings. The number of esters is 1. The lowest BCUT2D eigenvalue weighted by molar-refractivity contribution is -0.159. The van der Waals surface area contributed by atoms with Crippen molar-refractivity contribution in [1.82, 2.24) is 15.5 Å². The Bertz CT molecular complexity index is 1240. The van der Waals surface area contributed by atoms with Crippen molar-refractivity contribution in [2.45, 2.75) is 90.6 Å². The van der Waals surface area contributed by atoms with E-state index in [1.165, 1.54) is 17.0 Å². The number of aromatic hydroxyl groups is 1. The van der Waals surface area contributed by atoms with Crippen LogP contribution in [-0.4, -0.2) is 69.5 Å². The van der Waals surface area contributed by atoms with Gasteiger partial charge in [-0.1, -0.05) is 55.5 Å². The zero-order valence-corrected chi connectivity index (χ0v) is 26.9. The summed E-state index contributed by atoms with van der Waals surface area (Å²) < 4.78 is 10.9. The number of nitrogens with one attached hydrogen (secondary N) is 2. The second-order valence-electron chi connectivity index (χ2n) is 12.2. The Morgan fingerprint density at radius 3 is 1.98 bits per heavy atom. The zero-order valence-electron chi connectivity index (χ0n) is 26.0. The molecule has 0 bridgehead atoms. The summed E-state index contributed by atoms with van der Waals surface area (Å²) in [4.78, 5) is 55.2. The Morgan fingerprint density at radius 2 is 1.44 bits per heavy atom. The van der Waals surface area contributed by atoms with Crippen molar-refractivity contribution in [3.63, 3.8) is 0 Å². The maximum atomic E-state index is 14.2. The minimum absolute atomic E-state index is 0.0814. The van der Waals surface area contributed by atoms with E-state index in [0.717, 1.165) is 5.56 Å². The van der Waals surface area contributed by atoms with Crippen molar-refractivity contribution < 1.29 is 33.8 Å². The molecule has 3 unspecified atom stereocenters. The van der Waals surface area contributed by atoms with E-state index < -0.39 is 53.2 Å². The Kier molecular flexibility index (Phi) is 12.9. The van der Waals surface area contributed by atoms with Gasteiger partial charge in [-0.05, 0) is 59.6 Å². The van der Waals surface area contributed by atoms with E-state index in [0.29, 0.717) is 6.42 Å². The second-order valence-corrected chi connectivity index (χ2v) is 12.5. The summed E-state index contributed by atoms with van der Waals surface area (Å²) in [7, 11) is 0. The highest BCUT2D eigenvalue weighted by Gasteiger charge is 2.38. The molecule has 11 heteroatoms. The summed E-state index contributed by atoms with van der Waals surface area (Å²) in [6, 6.07) is 11.7. The molecule has 236 valence electrons. The van der Waals surface area contributed by atoms with Crippen LogP contribution in [0.3, 0.4) is 0 Å². The maximum absolute atomic E-state index is 14.2. The monoisotopic (exact) mass is 615 g/mol. The van der Waals surface area contributed by atoms with E-state index in [9.17, 15) is 24.3 Å². The number of para-hydroxylation sites is 1. The molecule has 3 N–H and O–H groups in total. The summed E-state index contributed by atoms with van der Waals surface area (Å²) >= 11 is 4.28. The molecule has 0 aliphatic carbocycles. The molecule has 3 amide bonds. The van der Waals surface area contributed by atoms with Crippen molar-refractivity contribution in [3.8, 4) is 5.75 Å². The van der Waals surface area contributed by atoms with Gasteiger partial charge in [-0.25, -0.2) is 9.59 Å². The molecule has 0 heterocycles. The first kappa shape index (κ1) is 35.5. The van der Waals surface area contributed by atoms with Gasteiger partial charge in [0.05, 0.1) is 0 Å². The van der Waals surface area contributed by atoms with Gasteiger partial charge in [-0.3, -0.25) is 9.59 Å². The van der Waals surface area contributed by atoms with E-state index in [1.54, 1.807) is 53.7 Å². The highest BCUT2D eigenvalue weighted by molar-refractivity contribution is 7.80. The van der Waals surface area contributed by atoms with Gasteiger partial charge < -0.3 is 30.1 Å². The summed E-state index contributed by atoms with van der Waals surface area (Å²) in [5.41, 5.74) is -0.674. The topological polar surface area (TPSA) is 134 Å². The maximum Gasteiger partial charge on any atom is 0.408 e. The van der Waals surface area contributed by atoms with Crippen LogP contribution in [0.25, 0.3) is 0 Å². The number of phenolic OH excluding ortho intramolecular Hbond substituents is 1. The molecule has 0 aliphatic rings. The van der Waals surface area contributed by atoms with Gasteiger partial charge in [0, 0.05) is 24.3 Å². The van der Waals surface area contributed by atoms with E-state index in [4.69, 9.17) is 9.47 Å². The van der Waals surface area contributed by atoms with Crippen molar-refractivity contribution in [2.75, 3.05) is 12.3 Å². The lowest BCUT2D eigenvalue weighted by Crippen LogP contribution is -2.55. The van der Waals surface area contributed by atoms with Crippen molar-refractivity contribution in [1.29, 1.82) is 0 Å². The first-order valence-corrected chi connectivity index (χ1v) is 15.0. The van der Waals surface area contributed by atoms with Crippen molar-refractivity contribution in [2.24, 2.45) is 0 Å². The number of rotatable bonds is 12. The first-order chi connectivity index (χ1) is 20.1. The highest BCUT2D eigenvalue weighted by Crippen LogP contribution is 2.30. The van der Waals surface area contributed by atoms with Crippen LogP contribution in [0.4, 0.5) is 4.79 Å². The standard InChI is InChI=1S/C32H45N3O7S/c1-8-18-35(28(38)24(20-43)34-30(40)42-32(5,6)7)26(22-16-12-13-17-25(22)36)27(37)33-23(29(39)41-31(2,3)4)19-21-14-10-9-11-15-21/h9-17,23-24,26,36,43H,8,18-20H2,1-7H3,(H,33,37)(H,34,40). The predicted molar refractivity (Wildman–Crippen MR) is 168 cm³/mol. The fourth-order valence-corrected chi connectivity index (χ4v) is 4.53. The fraction of sp³-hybridized carbons (Fsp3) is 0.500. The largest absolute Gasteiger partial charge is 0.508 e. The average Bonchev–Trinajstić information content (AvgIpc) is 2.90. The molecule has 0 radical (unpaired) electrons. The average molecular weight is 616 g/mol. The molecule has 2 aromatic carbocycles. The Morgan fingerprint density at radius 1 is 0.860 bits per heavy atom. The lowest BCUT2D eigenvalue weighted by Gasteiger charge is -2.35. The van der Waals surface area contributed by atoms with Crippen LogP contribution in [0, 0.1) is 0 Å². The fourth-order valence-electron chi connectivity index (χ4n) is 4.28. The van der Waals surface area contributed by atoms with Gasteiger partial charge in [-0.15, -0.1) is 0 Å². The van der Waals surface area contributed by atoms with Crippen LogP contribution in [-0.2, 0) is 30.3 Å². The molecular weight excluding hydrogens is 570 g/mol. The van der Waals surface area contributed by atoms with Gasteiger partial charge in [-0.2, -0.15) is 12.6 Å². The molecule has 3 atom stereocenters. The number of carbonyl (C=O) groups excluding carboxylic acids is 4. The van der Waals surface area contributed by atoms with E-state index in [1.807, 2.05) is 37.3 Å². The number of benzene rings is 2. The van der Waals surface area contributed by atoms with Crippen molar-refractivity contribution >= 4 is 36.5 Å². The Labute approximate surface area is 259 Å². The normalized spacial score (nSPS) is 13.7. The number of amides is 3. The van der Waals surface area contributed by atoms with Crippen LogP contribution in [0.2, 0.25) is 0 Å². The summed E-state index contributed by atoms with van der Waals surface area (Å²) in [5, 5.41) is 16.1. The minimum Gasteiger partial charge on any atom is -0.508 e. The van der Waals surface area contributed by atoms with Crippen LogP contribution < -0.4 is 10.6 Å². The Hall–Kier alpha value is -3.73. The minimum atomic E-state index is -1.35. The number of phenols is 1. The quantitative estimate of drug-likeness (QED) is 0.203. The predicted octanol–water partition coefficient (Wildman–Crippen LogP) is 4.56. The summed E-state index contributed by atoms with van der Waals surface area (Å²) in [6.45, 7) is 12.2. The van der Waals surface area contributed by atoms with Gasteiger partial charge in [0.15, 0.2) is 0 Å². The molecule has 2 aromatic rings. The third kappa shape index (κ3) is 11.5. The number of ether oxygens (including phenoxy) is 2. The van der Waals surface area contributed by atoms with Crippen LogP contribution in [0.15, 0.2) is 54.6 Å². The molecule has 0 aromatic heterocycles. The summed E-state index contributed by atoms with van der Waals surface area (Å²) in [5.74, 6) is -2.25. The van der Waals surface area contributed by atoms with Crippen LogP contribution in [0.5, 0.6) is 5.75 Å². The highest BCUT2D eigenvalue weighted by atomic mass is 32.1. The molecule has 0 spiro atoms. The lowest BCUT2D eigenvalue weighted by atomic mass is 10.00. The molecule has 10 nitrogen and oxygen atoms in total. The van der Waals surface area contributed by atoms with Gasteiger partial charge in [0.1, 0.15) is 35.1 Å². The number of alkyl carbamates (subject to hydrolysis) is 1. The SMILES string of the molecule is CCCN(C(=O)C(CS)NC(=O)OC(C)(C)C)C(C(=O)NC(Cc1ccccc1)C(=O)OC(C)(C)C)c1ccccc1O. The number of thiol groups is 1. The molecule has 0 saturated heterocycles. The molecule has 0 aliphatic heterocycles. The molecular formula is C32H45N3O7S. The van der Waals surface area contributed by atoms with E-state index in [2.05, 4.69) is 23.3 Å². The van der Waals surface area contributed by atoms with Gasteiger partial charge in [0.25, 0.3) is 0 Å². The molecule has 0 saturated carbocycles. The third-order valence-electron chi connectivity index (χ3n) is 6.00. The Balaban J connectivity index is 2.53. The van der Waals surface area contributed by atoms with Crippen LogP contribution >= 0.6 is 12.6 Å². The van der Waals surface area contributed by atoms with Gasteiger partial charge in [0.2, 0.25) is 11.8 Å². The number of nitrogens with zero attached hydrogens (tertiary/aromatic N) is 1. The van der Waals surface area contributed by atoms with E-state index >= 15 is 0 Å². The first-order valence-electron chi connectivity index (χ1n) is 14.3. The third-order valence-corrected chi connectivity index (χ3v) is 6.37. The second kappa shape index (κ2) is 15.7. The summed E-state index contributed by atoms with van der Waals surface area (Å²) in [6.07, 6.45) is -0.224. The van der Waals surface area contributed by atoms with Crippen LogP contribution in [0.1, 0.15) is 72.1 Å². The zero-order chi connectivity index (χ0) is 32.4. The molecule has 2 rings (SSSR count). The van der Waals surface area contributed by atoms with Crippen molar-refractivity contribution in [3.05, 3.63) is 65.7 Å². The van der Waals surface area contributed by atoms with Gasteiger partial charge >= 0.3 is 12.1 Å². The number of hydrogen-bond acceptors (Lipinski definition) is 8.